The van der Waals surface area contributed by atoms with Crippen LogP contribution in [0.3, 0.4) is 0 Å². The first-order valence-corrected chi connectivity index (χ1v) is 2.53. The highest BCUT2D eigenvalue weighted by atomic mass is 16.5. The third kappa shape index (κ3) is 2.43. The Morgan fingerprint density at radius 2 is 2.11 bits per heavy atom. The highest BCUT2D eigenvalue weighted by molar-refractivity contribution is 5.72. The predicted molar refractivity (Wildman–Crippen MR) is 30.1 cm³/mol. The van der Waals surface area contributed by atoms with Gasteiger partial charge in [-0.15, -0.1) is 0 Å². The smallest absolute Gasteiger partial charge is 0.335 e. The van der Waals surface area contributed by atoms with Crippen molar-refractivity contribution in [2.24, 2.45) is 0 Å². The monoisotopic (exact) mass is 134 g/mol. The fourth-order valence-electron chi connectivity index (χ4n) is 0.330. The van der Waals surface area contributed by atoms with Crippen LogP contribution in [-0.4, -0.2) is 35.5 Å². The lowest BCUT2D eigenvalue weighted by Gasteiger charge is -2.11. The number of carbonyl (C=O) groups is 1. The Morgan fingerprint density at radius 3 is 2.22 bits per heavy atom. The minimum absolute atomic E-state index is 0.650. The zero-order chi connectivity index (χ0) is 7.44. The first-order chi connectivity index (χ1) is 4.09. The summed E-state index contributed by atoms with van der Waals surface area (Å²) in [5.41, 5.74) is 0. The molecule has 0 radical (unpaired) electrons. The number of carboxylic acids is 1. The maximum absolute atomic E-state index is 9.97. The fourth-order valence-corrected chi connectivity index (χ4v) is 0.330. The molecule has 0 spiro atoms. The van der Waals surface area contributed by atoms with Crippen LogP contribution >= 0.6 is 0 Å². The quantitative estimate of drug-likeness (QED) is 0.544. The van der Waals surface area contributed by atoms with Crippen molar-refractivity contribution < 1.29 is 19.7 Å². The molecule has 0 aromatic rings. The van der Waals surface area contributed by atoms with E-state index >= 15 is 0 Å². The van der Waals surface area contributed by atoms with Crippen molar-refractivity contribution >= 4 is 5.97 Å². The topological polar surface area (TPSA) is 66.8 Å². The van der Waals surface area contributed by atoms with Crippen LogP contribution < -0.4 is 0 Å². The van der Waals surface area contributed by atoms with Gasteiger partial charge in [0, 0.05) is 7.11 Å². The molecule has 0 aromatic heterocycles. The van der Waals surface area contributed by atoms with E-state index in [0.717, 1.165) is 0 Å². The summed E-state index contributed by atoms with van der Waals surface area (Å²) in [6, 6.07) is 0. The Kier molecular flexibility index (Phi) is 3.19. The van der Waals surface area contributed by atoms with Crippen LogP contribution in [0.1, 0.15) is 6.92 Å². The molecule has 0 amide bonds. The molecule has 0 fully saturated rings. The van der Waals surface area contributed by atoms with Crippen molar-refractivity contribution in [1.82, 2.24) is 0 Å². The molecule has 4 nitrogen and oxygen atoms in total. The summed E-state index contributed by atoms with van der Waals surface area (Å²) in [6.45, 7) is 1.48. The molecule has 0 saturated heterocycles. The number of methoxy groups -OCH3 is 1. The fraction of sp³-hybridized carbons (Fsp3) is 0.800. The van der Waals surface area contributed by atoms with Gasteiger partial charge in [0.1, 0.15) is 0 Å². The Labute approximate surface area is 53.1 Å². The zero-order valence-corrected chi connectivity index (χ0v) is 5.37. The average molecular weight is 134 g/mol. The lowest BCUT2D eigenvalue weighted by atomic mass is 10.2. The molecule has 0 aliphatic heterocycles. The molecule has 0 heterocycles. The van der Waals surface area contributed by atoms with Crippen molar-refractivity contribution in [3.05, 3.63) is 0 Å². The van der Waals surface area contributed by atoms with Crippen LogP contribution in [0.15, 0.2) is 0 Å². The molecule has 0 aliphatic carbocycles. The maximum atomic E-state index is 9.97. The summed E-state index contributed by atoms with van der Waals surface area (Å²) < 4.78 is 4.54. The van der Waals surface area contributed by atoms with E-state index in [9.17, 15) is 4.79 Å². The second kappa shape index (κ2) is 3.42. The molecule has 0 rings (SSSR count). The summed E-state index contributed by atoms with van der Waals surface area (Å²) in [4.78, 5) is 9.97. The third-order valence-electron chi connectivity index (χ3n) is 1.07. The molecule has 4 heteroatoms. The van der Waals surface area contributed by atoms with Gasteiger partial charge in [0.15, 0.2) is 6.10 Å². The summed E-state index contributed by atoms with van der Waals surface area (Å²) in [5, 5.41) is 16.8. The Bertz CT molecular complexity index is 101. The van der Waals surface area contributed by atoms with Crippen LogP contribution in [0.25, 0.3) is 0 Å². The van der Waals surface area contributed by atoms with Gasteiger partial charge in [-0.05, 0) is 6.92 Å². The minimum atomic E-state index is -1.42. The van der Waals surface area contributed by atoms with Crippen molar-refractivity contribution in [1.29, 1.82) is 0 Å². The second-order valence-electron chi connectivity index (χ2n) is 1.72. The van der Waals surface area contributed by atoms with Crippen LogP contribution in [0.2, 0.25) is 0 Å². The minimum Gasteiger partial charge on any atom is -0.479 e. The molecule has 2 atom stereocenters. The molecule has 9 heavy (non-hydrogen) atoms. The molecule has 0 bridgehead atoms. The number of aliphatic hydroxyl groups is 1. The lowest BCUT2D eigenvalue weighted by Crippen LogP contribution is -2.32. The summed E-state index contributed by atoms with van der Waals surface area (Å²) >= 11 is 0. The molecular weight excluding hydrogens is 124 g/mol. The third-order valence-corrected chi connectivity index (χ3v) is 1.07. The van der Waals surface area contributed by atoms with Crippen LogP contribution in [0.5, 0.6) is 0 Å². The van der Waals surface area contributed by atoms with E-state index in [4.69, 9.17) is 10.2 Å². The van der Waals surface area contributed by atoms with E-state index in [2.05, 4.69) is 4.74 Å². The molecule has 2 unspecified atom stereocenters. The van der Waals surface area contributed by atoms with Gasteiger partial charge in [-0.25, -0.2) is 4.79 Å². The van der Waals surface area contributed by atoms with E-state index < -0.39 is 18.2 Å². The first-order valence-electron chi connectivity index (χ1n) is 2.53. The normalized spacial score (nSPS) is 16.8. The van der Waals surface area contributed by atoms with Gasteiger partial charge < -0.3 is 14.9 Å². The van der Waals surface area contributed by atoms with Crippen molar-refractivity contribution in [3.8, 4) is 0 Å². The molecule has 2 N–H and O–H groups in total. The molecular formula is C5H10O4. The average Bonchev–Trinajstić information content (AvgIpc) is 1.84. The van der Waals surface area contributed by atoms with E-state index in [1.807, 2.05) is 0 Å². The summed E-state index contributed by atoms with van der Waals surface area (Å²) in [7, 11) is 1.34. The van der Waals surface area contributed by atoms with Gasteiger partial charge in [-0.2, -0.15) is 0 Å². The van der Waals surface area contributed by atoms with Crippen molar-refractivity contribution in [3.63, 3.8) is 0 Å². The predicted octanol–water partition coefficient (Wildman–Crippen LogP) is -0.533. The molecule has 0 aliphatic rings. The van der Waals surface area contributed by atoms with Gasteiger partial charge in [-0.3, -0.25) is 0 Å². The Hall–Kier alpha value is -0.610. The van der Waals surface area contributed by atoms with E-state index in [1.165, 1.54) is 14.0 Å². The summed E-state index contributed by atoms with van der Waals surface area (Å²) in [6.07, 6.45) is -2.07. The Balaban J connectivity index is 3.72. The number of aliphatic carboxylic acids is 1. The maximum Gasteiger partial charge on any atom is 0.335 e. The van der Waals surface area contributed by atoms with E-state index in [-0.39, 0.29) is 0 Å². The van der Waals surface area contributed by atoms with Crippen LogP contribution in [0, 0.1) is 0 Å². The highest BCUT2D eigenvalue weighted by Gasteiger charge is 2.20. The van der Waals surface area contributed by atoms with E-state index in [1.54, 1.807) is 0 Å². The van der Waals surface area contributed by atoms with Gasteiger partial charge in [-0.1, -0.05) is 0 Å². The number of carboxylic acid groups (broad SMARTS) is 1. The van der Waals surface area contributed by atoms with Crippen LogP contribution in [-0.2, 0) is 9.53 Å². The van der Waals surface area contributed by atoms with Gasteiger partial charge >= 0.3 is 5.97 Å². The number of hydrogen-bond donors (Lipinski definition) is 2. The largest absolute Gasteiger partial charge is 0.479 e. The SMILES string of the molecule is COC(C)C(O)C(=O)O. The van der Waals surface area contributed by atoms with Crippen molar-refractivity contribution in [2.45, 2.75) is 19.1 Å². The number of ether oxygens (including phenoxy) is 1. The van der Waals surface area contributed by atoms with Gasteiger partial charge in [0.05, 0.1) is 6.10 Å². The van der Waals surface area contributed by atoms with Gasteiger partial charge in [0.2, 0.25) is 0 Å². The van der Waals surface area contributed by atoms with Crippen molar-refractivity contribution in [2.75, 3.05) is 7.11 Å². The standard InChI is InChI=1S/C5H10O4/c1-3(9-2)4(6)5(7)8/h3-4,6H,1-2H3,(H,7,8). The zero-order valence-electron chi connectivity index (χ0n) is 5.37. The lowest BCUT2D eigenvalue weighted by molar-refractivity contribution is -0.153. The van der Waals surface area contributed by atoms with E-state index in [0.29, 0.717) is 0 Å². The van der Waals surface area contributed by atoms with Crippen LogP contribution in [0.4, 0.5) is 0 Å². The molecule has 0 aromatic carbocycles. The number of rotatable bonds is 3. The molecule has 0 saturated carbocycles. The summed E-state index contributed by atoms with van der Waals surface area (Å²) in [5.74, 6) is -1.26. The number of aliphatic hydroxyl groups excluding tert-OH is 1. The second-order valence-corrected chi connectivity index (χ2v) is 1.72. The van der Waals surface area contributed by atoms with Gasteiger partial charge in [0.25, 0.3) is 0 Å². The first kappa shape index (κ1) is 8.39. The highest BCUT2D eigenvalue weighted by Crippen LogP contribution is 1.95. The molecule has 54 valence electrons. The Morgan fingerprint density at radius 1 is 1.67 bits per heavy atom. The number of hydrogen-bond acceptors (Lipinski definition) is 3.